The second-order valence-corrected chi connectivity index (χ2v) is 5.64. The van der Waals surface area contributed by atoms with Crippen LogP contribution in [0.3, 0.4) is 0 Å². The molecule has 1 N–H and O–H groups in total. The molecule has 0 radical (unpaired) electrons. The van der Waals surface area contributed by atoms with Gasteiger partial charge >= 0.3 is 0 Å². The standard InChI is InChI=1S/C15H19BrFN3/c1-4-13-15(16)14(20(3)19-13)9-18-10(2)11-6-5-7-12(17)8-11/h5-8,10,18H,4,9H2,1-3H3/t10-/m0/s1. The molecule has 1 atom stereocenters. The van der Waals surface area contributed by atoms with E-state index in [0.29, 0.717) is 6.54 Å². The fourth-order valence-electron chi connectivity index (χ4n) is 2.16. The average molecular weight is 340 g/mol. The maximum Gasteiger partial charge on any atom is 0.123 e. The summed E-state index contributed by atoms with van der Waals surface area (Å²) in [6, 6.07) is 6.77. The molecule has 0 unspecified atom stereocenters. The molecule has 20 heavy (non-hydrogen) atoms. The zero-order chi connectivity index (χ0) is 14.7. The SMILES string of the molecule is CCc1nn(C)c(CN[C@@H](C)c2cccc(F)c2)c1Br. The Hall–Kier alpha value is -1.20. The molecule has 3 nitrogen and oxygen atoms in total. The van der Waals surface area contributed by atoms with E-state index in [1.165, 1.54) is 6.07 Å². The summed E-state index contributed by atoms with van der Waals surface area (Å²) in [5, 5.41) is 7.87. The lowest BCUT2D eigenvalue weighted by Gasteiger charge is -2.14. The van der Waals surface area contributed by atoms with Gasteiger partial charge in [0.15, 0.2) is 0 Å². The molecule has 0 amide bonds. The maximum absolute atomic E-state index is 13.2. The Morgan fingerprint density at radius 2 is 2.20 bits per heavy atom. The first-order valence-electron chi connectivity index (χ1n) is 6.72. The van der Waals surface area contributed by atoms with Crippen molar-refractivity contribution in [3.63, 3.8) is 0 Å². The van der Waals surface area contributed by atoms with E-state index in [2.05, 4.69) is 33.3 Å². The van der Waals surface area contributed by atoms with E-state index in [9.17, 15) is 4.39 Å². The van der Waals surface area contributed by atoms with Crippen molar-refractivity contribution in [2.45, 2.75) is 32.9 Å². The van der Waals surface area contributed by atoms with Gasteiger partial charge in [0.2, 0.25) is 0 Å². The molecule has 0 aliphatic rings. The highest BCUT2D eigenvalue weighted by atomic mass is 79.9. The van der Waals surface area contributed by atoms with Gasteiger partial charge in [0, 0.05) is 19.6 Å². The number of nitrogens with one attached hydrogen (secondary N) is 1. The number of rotatable bonds is 5. The van der Waals surface area contributed by atoms with Crippen LogP contribution < -0.4 is 5.32 Å². The highest BCUT2D eigenvalue weighted by Gasteiger charge is 2.13. The Morgan fingerprint density at radius 3 is 2.80 bits per heavy atom. The van der Waals surface area contributed by atoms with Gasteiger partial charge in [-0.2, -0.15) is 5.10 Å². The van der Waals surface area contributed by atoms with Gasteiger partial charge in [0.1, 0.15) is 5.82 Å². The van der Waals surface area contributed by atoms with Crippen LogP contribution >= 0.6 is 15.9 Å². The summed E-state index contributed by atoms with van der Waals surface area (Å²) >= 11 is 3.60. The summed E-state index contributed by atoms with van der Waals surface area (Å²) in [6.45, 7) is 4.79. The molecule has 0 fully saturated rings. The molecule has 0 saturated carbocycles. The summed E-state index contributed by atoms with van der Waals surface area (Å²) in [4.78, 5) is 0. The van der Waals surface area contributed by atoms with Crippen LogP contribution in [0.15, 0.2) is 28.7 Å². The molecule has 2 rings (SSSR count). The molecule has 2 aromatic rings. The zero-order valence-electron chi connectivity index (χ0n) is 12.0. The number of aromatic nitrogens is 2. The molecule has 0 aliphatic carbocycles. The first kappa shape index (κ1) is 15.2. The summed E-state index contributed by atoms with van der Waals surface area (Å²) in [5.74, 6) is -0.203. The quantitative estimate of drug-likeness (QED) is 0.899. The van der Waals surface area contributed by atoms with E-state index in [0.717, 1.165) is 27.8 Å². The Kier molecular flexibility index (Phi) is 4.94. The lowest BCUT2D eigenvalue weighted by Crippen LogP contribution is -2.20. The van der Waals surface area contributed by atoms with E-state index < -0.39 is 0 Å². The van der Waals surface area contributed by atoms with Crippen molar-refractivity contribution < 1.29 is 4.39 Å². The first-order valence-corrected chi connectivity index (χ1v) is 7.51. The van der Waals surface area contributed by atoms with Gasteiger partial charge in [-0.15, -0.1) is 0 Å². The summed E-state index contributed by atoms with van der Waals surface area (Å²) in [7, 11) is 1.94. The van der Waals surface area contributed by atoms with Crippen LogP contribution in [0.2, 0.25) is 0 Å². The number of nitrogens with zero attached hydrogens (tertiary/aromatic N) is 2. The first-order chi connectivity index (χ1) is 9.52. The zero-order valence-corrected chi connectivity index (χ0v) is 13.5. The second kappa shape index (κ2) is 6.50. The Morgan fingerprint density at radius 1 is 1.45 bits per heavy atom. The third-order valence-electron chi connectivity index (χ3n) is 3.43. The molecule has 1 aromatic heterocycles. The molecule has 0 saturated heterocycles. The minimum atomic E-state index is -0.203. The van der Waals surface area contributed by atoms with Gasteiger partial charge in [-0.25, -0.2) is 4.39 Å². The minimum absolute atomic E-state index is 0.0811. The van der Waals surface area contributed by atoms with E-state index in [1.807, 2.05) is 24.7 Å². The van der Waals surface area contributed by atoms with E-state index in [4.69, 9.17) is 0 Å². The van der Waals surface area contributed by atoms with Gasteiger partial charge in [0.05, 0.1) is 15.9 Å². The molecular formula is C15H19BrFN3. The maximum atomic E-state index is 13.2. The van der Waals surface area contributed by atoms with Crippen LogP contribution in [0.25, 0.3) is 0 Å². The average Bonchev–Trinajstić information content (AvgIpc) is 2.71. The smallest absolute Gasteiger partial charge is 0.123 e. The summed E-state index contributed by atoms with van der Waals surface area (Å²) in [6.07, 6.45) is 0.897. The molecule has 1 aromatic carbocycles. The fourth-order valence-corrected chi connectivity index (χ4v) is 2.91. The van der Waals surface area contributed by atoms with Crippen LogP contribution in [0.1, 0.15) is 36.8 Å². The topological polar surface area (TPSA) is 29.9 Å². The molecule has 0 aliphatic heterocycles. The molecule has 5 heteroatoms. The van der Waals surface area contributed by atoms with Crippen molar-refractivity contribution >= 4 is 15.9 Å². The highest BCUT2D eigenvalue weighted by molar-refractivity contribution is 9.10. The Bertz CT molecular complexity index is 595. The number of halogens is 2. The van der Waals surface area contributed by atoms with Crippen LogP contribution in [0, 0.1) is 5.82 Å². The van der Waals surface area contributed by atoms with Crippen LogP contribution in [0.5, 0.6) is 0 Å². The van der Waals surface area contributed by atoms with Crippen molar-refractivity contribution in [2.75, 3.05) is 0 Å². The van der Waals surface area contributed by atoms with Gasteiger partial charge in [-0.05, 0) is 47.0 Å². The van der Waals surface area contributed by atoms with E-state index in [-0.39, 0.29) is 11.9 Å². The van der Waals surface area contributed by atoms with E-state index in [1.54, 1.807) is 12.1 Å². The Balaban J connectivity index is 2.07. The lowest BCUT2D eigenvalue weighted by molar-refractivity contribution is 0.541. The number of aryl methyl sites for hydroxylation is 2. The van der Waals surface area contributed by atoms with Crippen molar-refractivity contribution in [3.8, 4) is 0 Å². The van der Waals surface area contributed by atoms with Crippen LogP contribution in [0.4, 0.5) is 4.39 Å². The molecule has 1 heterocycles. The van der Waals surface area contributed by atoms with Crippen molar-refractivity contribution in [1.82, 2.24) is 15.1 Å². The van der Waals surface area contributed by atoms with Gasteiger partial charge < -0.3 is 5.32 Å². The van der Waals surface area contributed by atoms with Gasteiger partial charge in [-0.3, -0.25) is 4.68 Å². The third kappa shape index (κ3) is 3.27. The number of benzene rings is 1. The number of hydrogen-bond acceptors (Lipinski definition) is 2. The predicted octanol–water partition coefficient (Wildman–Crippen LogP) is 3.73. The summed E-state index contributed by atoms with van der Waals surface area (Å²) < 4.78 is 16.2. The lowest BCUT2D eigenvalue weighted by atomic mass is 10.1. The molecule has 108 valence electrons. The van der Waals surface area contributed by atoms with Crippen molar-refractivity contribution in [1.29, 1.82) is 0 Å². The van der Waals surface area contributed by atoms with Gasteiger partial charge in [-0.1, -0.05) is 19.1 Å². The van der Waals surface area contributed by atoms with E-state index >= 15 is 0 Å². The normalized spacial score (nSPS) is 12.7. The summed E-state index contributed by atoms with van der Waals surface area (Å²) in [5.41, 5.74) is 3.10. The minimum Gasteiger partial charge on any atom is -0.305 e. The van der Waals surface area contributed by atoms with Crippen LogP contribution in [-0.2, 0) is 20.0 Å². The highest BCUT2D eigenvalue weighted by Crippen LogP contribution is 2.22. The largest absolute Gasteiger partial charge is 0.305 e. The third-order valence-corrected chi connectivity index (χ3v) is 4.34. The van der Waals surface area contributed by atoms with Crippen molar-refractivity contribution in [3.05, 3.63) is 51.5 Å². The predicted molar refractivity (Wildman–Crippen MR) is 81.9 cm³/mol. The molecular weight excluding hydrogens is 321 g/mol. The van der Waals surface area contributed by atoms with Gasteiger partial charge in [0.25, 0.3) is 0 Å². The fraction of sp³-hybridized carbons (Fsp3) is 0.400. The van der Waals surface area contributed by atoms with Crippen LogP contribution in [-0.4, -0.2) is 9.78 Å². The second-order valence-electron chi connectivity index (χ2n) is 4.84. The molecule has 0 spiro atoms. The number of hydrogen-bond donors (Lipinski definition) is 1. The Labute approximate surface area is 127 Å². The monoisotopic (exact) mass is 339 g/mol. The van der Waals surface area contributed by atoms with Crippen molar-refractivity contribution in [2.24, 2.45) is 7.05 Å². The molecule has 0 bridgehead atoms.